The normalized spacial score (nSPS) is 15.2. The Morgan fingerprint density at radius 2 is 2.06 bits per heavy atom. The summed E-state index contributed by atoms with van der Waals surface area (Å²) in [6, 6.07) is 7.63. The van der Waals surface area contributed by atoms with Crippen molar-refractivity contribution in [3.63, 3.8) is 0 Å². The van der Waals surface area contributed by atoms with E-state index in [4.69, 9.17) is 0 Å². The Bertz CT molecular complexity index is 637. The second-order valence-corrected chi connectivity index (χ2v) is 4.56. The van der Waals surface area contributed by atoms with Crippen LogP contribution in [0.25, 0.3) is 11.0 Å². The molecule has 1 aliphatic heterocycles. The molecule has 0 saturated heterocycles. The molecule has 2 heterocycles. The highest BCUT2D eigenvalue weighted by atomic mass is 16.2. The number of fused-ring (bicyclic) bond motifs is 3. The van der Waals surface area contributed by atoms with E-state index in [1.54, 1.807) is 4.57 Å². The second kappa shape index (κ2) is 3.52. The third kappa shape index (κ3) is 1.48. The molecule has 17 heavy (non-hydrogen) atoms. The summed E-state index contributed by atoms with van der Waals surface area (Å²) in [4.78, 5) is 21.0. The van der Waals surface area contributed by atoms with E-state index >= 15 is 0 Å². The Kier molecular flexibility index (Phi) is 2.11. The van der Waals surface area contributed by atoms with E-state index in [2.05, 4.69) is 9.98 Å². The van der Waals surface area contributed by atoms with Gasteiger partial charge in [0.25, 0.3) is 0 Å². The number of aromatic nitrogens is 2. The minimum atomic E-state index is 0.0624. The van der Waals surface area contributed by atoms with Crippen LogP contribution in [0.15, 0.2) is 29.3 Å². The molecule has 0 fully saturated rings. The number of hydrogen-bond acceptors (Lipinski definition) is 3. The smallest absolute Gasteiger partial charge is 0.239 e. The van der Waals surface area contributed by atoms with E-state index in [0.717, 1.165) is 16.7 Å². The van der Waals surface area contributed by atoms with Crippen molar-refractivity contribution in [2.24, 2.45) is 10.9 Å². The maximum atomic E-state index is 12.1. The number of aliphatic imine (C=N–C) groups is 1. The van der Waals surface area contributed by atoms with Gasteiger partial charge in [0.05, 0.1) is 17.5 Å². The summed E-state index contributed by atoms with van der Waals surface area (Å²) in [5.41, 5.74) is 2.58. The van der Waals surface area contributed by atoms with Gasteiger partial charge in [0.1, 0.15) is 0 Å². The molecule has 0 spiro atoms. The lowest BCUT2D eigenvalue weighted by atomic mass is 10.0. The molecule has 1 aliphatic rings. The van der Waals surface area contributed by atoms with Crippen molar-refractivity contribution in [1.29, 1.82) is 0 Å². The molecule has 0 aliphatic carbocycles. The average Bonchev–Trinajstić information content (AvgIpc) is 2.67. The largest absolute Gasteiger partial charge is 0.274 e. The summed E-state index contributed by atoms with van der Waals surface area (Å²) in [6.07, 6.45) is 0.394. The first-order valence-corrected chi connectivity index (χ1v) is 5.75. The zero-order valence-electron chi connectivity index (χ0n) is 9.84. The molecule has 0 unspecified atom stereocenters. The maximum Gasteiger partial charge on any atom is 0.239 e. The highest BCUT2D eigenvalue weighted by Gasteiger charge is 2.24. The first kappa shape index (κ1) is 10.2. The molecule has 0 bridgehead atoms. The highest BCUT2D eigenvalue weighted by molar-refractivity contribution is 6.09. The van der Waals surface area contributed by atoms with Gasteiger partial charge in [0.2, 0.25) is 11.9 Å². The molecule has 1 aromatic heterocycles. The van der Waals surface area contributed by atoms with Crippen molar-refractivity contribution in [2.45, 2.75) is 20.3 Å². The number of nitrogens with zero attached hydrogens (tertiary/aromatic N) is 3. The van der Waals surface area contributed by atoms with E-state index in [1.807, 2.05) is 38.1 Å². The summed E-state index contributed by atoms with van der Waals surface area (Å²) in [7, 11) is 0. The van der Waals surface area contributed by atoms with Crippen molar-refractivity contribution >= 4 is 28.6 Å². The molecule has 4 heteroatoms. The summed E-state index contributed by atoms with van der Waals surface area (Å²) < 4.78 is 1.61. The van der Waals surface area contributed by atoms with Crippen LogP contribution < -0.4 is 0 Å². The molecule has 86 valence electrons. The molecular formula is C13H13N3O. The van der Waals surface area contributed by atoms with Gasteiger partial charge in [0.15, 0.2) is 0 Å². The maximum absolute atomic E-state index is 12.1. The van der Waals surface area contributed by atoms with Crippen LogP contribution in [0, 0.1) is 5.92 Å². The van der Waals surface area contributed by atoms with Crippen molar-refractivity contribution in [1.82, 2.24) is 9.55 Å². The predicted molar refractivity (Wildman–Crippen MR) is 66.9 cm³/mol. The SMILES string of the molecule is CC(C)C1=Nc2nc3ccccc3n2C(=O)C1. The number of imidazole rings is 1. The van der Waals surface area contributed by atoms with Crippen molar-refractivity contribution in [3.8, 4) is 0 Å². The molecule has 0 saturated carbocycles. The first-order valence-electron chi connectivity index (χ1n) is 5.75. The van der Waals surface area contributed by atoms with Gasteiger partial charge in [-0.2, -0.15) is 0 Å². The fraction of sp³-hybridized carbons (Fsp3) is 0.308. The molecule has 0 N–H and O–H groups in total. The third-order valence-corrected chi connectivity index (χ3v) is 3.03. The zero-order valence-corrected chi connectivity index (χ0v) is 9.84. The Morgan fingerprint density at radius 1 is 1.29 bits per heavy atom. The van der Waals surface area contributed by atoms with Crippen LogP contribution in [0.1, 0.15) is 25.1 Å². The second-order valence-electron chi connectivity index (χ2n) is 4.56. The van der Waals surface area contributed by atoms with E-state index < -0.39 is 0 Å². The molecule has 1 aromatic carbocycles. The quantitative estimate of drug-likeness (QED) is 0.752. The number of carbonyl (C=O) groups is 1. The zero-order chi connectivity index (χ0) is 12.0. The minimum absolute atomic E-state index is 0.0624. The Labute approximate surface area is 99.0 Å². The van der Waals surface area contributed by atoms with Gasteiger partial charge in [-0.1, -0.05) is 26.0 Å². The summed E-state index contributed by atoms with van der Waals surface area (Å²) in [5, 5.41) is 0. The van der Waals surface area contributed by atoms with E-state index in [9.17, 15) is 4.79 Å². The number of carbonyl (C=O) groups excluding carboxylic acids is 1. The van der Waals surface area contributed by atoms with Crippen LogP contribution in [0.5, 0.6) is 0 Å². The Morgan fingerprint density at radius 3 is 2.82 bits per heavy atom. The van der Waals surface area contributed by atoms with Crippen molar-refractivity contribution in [2.75, 3.05) is 0 Å². The lowest BCUT2D eigenvalue weighted by Crippen LogP contribution is -2.22. The van der Waals surface area contributed by atoms with Crippen LogP contribution in [-0.4, -0.2) is 21.2 Å². The van der Waals surface area contributed by atoms with E-state index in [0.29, 0.717) is 12.4 Å². The van der Waals surface area contributed by atoms with Crippen LogP contribution in [0.4, 0.5) is 5.95 Å². The van der Waals surface area contributed by atoms with Gasteiger partial charge in [-0.15, -0.1) is 0 Å². The summed E-state index contributed by atoms with van der Waals surface area (Å²) >= 11 is 0. The van der Waals surface area contributed by atoms with Gasteiger partial charge in [0, 0.05) is 5.71 Å². The van der Waals surface area contributed by atoms with Crippen molar-refractivity contribution < 1.29 is 4.79 Å². The Hall–Kier alpha value is -1.97. The fourth-order valence-corrected chi connectivity index (χ4v) is 2.07. The van der Waals surface area contributed by atoms with Crippen LogP contribution >= 0.6 is 0 Å². The first-order chi connectivity index (χ1) is 8.16. The van der Waals surface area contributed by atoms with E-state index in [-0.39, 0.29) is 11.8 Å². The minimum Gasteiger partial charge on any atom is -0.274 e. The highest BCUT2D eigenvalue weighted by Crippen LogP contribution is 2.26. The summed E-state index contributed by atoms with van der Waals surface area (Å²) in [5.74, 6) is 0.867. The van der Waals surface area contributed by atoms with Crippen LogP contribution in [-0.2, 0) is 0 Å². The van der Waals surface area contributed by atoms with Gasteiger partial charge in [-0.25, -0.2) is 14.5 Å². The molecule has 2 aromatic rings. The van der Waals surface area contributed by atoms with Crippen LogP contribution in [0.3, 0.4) is 0 Å². The molecule has 0 atom stereocenters. The molecule has 0 amide bonds. The van der Waals surface area contributed by atoms with Gasteiger partial charge in [-0.3, -0.25) is 4.79 Å². The topological polar surface area (TPSA) is 47.2 Å². The number of rotatable bonds is 1. The predicted octanol–water partition coefficient (Wildman–Crippen LogP) is 2.81. The molecule has 4 nitrogen and oxygen atoms in total. The average molecular weight is 227 g/mol. The third-order valence-electron chi connectivity index (χ3n) is 3.03. The fourth-order valence-electron chi connectivity index (χ4n) is 2.07. The number of para-hydroxylation sites is 2. The molecule has 0 radical (unpaired) electrons. The lowest BCUT2D eigenvalue weighted by molar-refractivity contribution is 0.0925. The Balaban J connectivity index is 2.28. The standard InChI is InChI=1S/C13H13N3O/c1-8(2)10-7-12(17)16-11-6-4-3-5-9(11)14-13(16)15-10/h3-6,8H,7H2,1-2H3. The number of hydrogen-bond donors (Lipinski definition) is 0. The van der Waals surface area contributed by atoms with Gasteiger partial charge in [-0.05, 0) is 18.1 Å². The van der Waals surface area contributed by atoms with Gasteiger partial charge >= 0.3 is 0 Å². The van der Waals surface area contributed by atoms with Gasteiger partial charge < -0.3 is 0 Å². The molecular weight excluding hydrogens is 214 g/mol. The summed E-state index contributed by atoms with van der Waals surface area (Å²) in [6.45, 7) is 4.09. The monoisotopic (exact) mass is 227 g/mol. The molecule has 3 rings (SSSR count). The van der Waals surface area contributed by atoms with Crippen molar-refractivity contribution in [3.05, 3.63) is 24.3 Å². The van der Waals surface area contributed by atoms with E-state index in [1.165, 1.54) is 0 Å². The van der Waals surface area contributed by atoms with Crippen LogP contribution in [0.2, 0.25) is 0 Å². The number of benzene rings is 1. The lowest BCUT2D eigenvalue weighted by Gasteiger charge is -2.15.